The van der Waals surface area contributed by atoms with Crippen LogP contribution in [-0.4, -0.2) is 20.8 Å². The SMILES string of the molecule is CCCCS(=O)(=O)Oc1ccc2c(c1)C(C)(C)CO2. The average Bonchev–Trinajstić information content (AvgIpc) is 2.63. The second-order valence-electron chi connectivity index (χ2n) is 5.53. The van der Waals surface area contributed by atoms with Crippen molar-refractivity contribution in [1.82, 2.24) is 0 Å². The van der Waals surface area contributed by atoms with E-state index in [1.807, 2.05) is 6.92 Å². The lowest BCUT2D eigenvalue weighted by Gasteiger charge is -2.15. The third-order valence-electron chi connectivity index (χ3n) is 3.24. The van der Waals surface area contributed by atoms with Gasteiger partial charge in [0.15, 0.2) is 0 Å². The minimum absolute atomic E-state index is 0.0560. The molecule has 0 saturated heterocycles. The Balaban J connectivity index is 2.20. The molecule has 0 saturated carbocycles. The normalized spacial score (nSPS) is 16.8. The lowest BCUT2D eigenvalue weighted by molar-refractivity contribution is 0.291. The molecule has 5 heteroatoms. The van der Waals surface area contributed by atoms with E-state index >= 15 is 0 Å². The first-order chi connectivity index (χ1) is 8.84. The monoisotopic (exact) mass is 284 g/mol. The third kappa shape index (κ3) is 3.21. The van der Waals surface area contributed by atoms with Gasteiger partial charge in [0.2, 0.25) is 0 Å². The highest BCUT2D eigenvalue weighted by Gasteiger charge is 2.32. The fourth-order valence-corrected chi connectivity index (χ4v) is 3.18. The molecule has 1 aromatic carbocycles. The van der Waals surface area contributed by atoms with Gasteiger partial charge in [0.25, 0.3) is 0 Å². The van der Waals surface area contributed by atoms with E-state index in [4.69, 9.17) is 8.92 Å². The Morgan fingerprint density at radius 1 is 1.37 bits per heavy atom. The number of fused-ring (bicyclic) bond motifs is 1. The van der Waals surface area contributed by atoms with Crippen LogP contribution < -0.4 is 8.92 Å². The zero-order chi connectivity index (χ0) is 14.1. The van der Waals surface area contributed by atoms with Gasteiger partial charge in [-0.25, -0.2) is 0 Å². The molecule has 106 valence electrons. The van der Waals surface area contributed by atoms with Crippen LogP contribution in [0, 0.1) is 0 Å². The van der Waals surface area contributed by atoms with Crippen LogP contribution in [0.4, 0.5) is 0 Å². The molecule has 2 rings (SSSR count). The first-order valence-electron chi connectivity index (χ1n) is 6.53. The van der Waals surface area contributed by atoms with E-state index in [2.05, 4.69) is 13.8 Å². The highest BCUT2D eigenvalue weighted by atomic mass is 32.2. The molecule has 0 aromatic heterocycles. The number of hydrogen-bond acceptors (Lipinski definition) is 4. The zero-order valence-corrected chi connectivity index (χ0v) is 12.4. The molecule has 19 heavy (non-hydrogen) atoms. The Morgan fingerprint density at radius 3 is 2.79 bits per heavy atom. The van der Waals surface area contributed by atoms with E-state index < -0.39 is 10.1 Å². The molecule has 0 N–H and O–H groups in total. The average molecular weight is 284 g/mol. The maximum Gasteiger partial charge on any atom is 0.309 e. The zero-order valence-electron chi connectivity index (χ0n) is 11.6. The van der Waals surface area contributed by atoms with Crippen molar-refractivity contribution in [3.63, 3.8) is 0 Å². The minimum Gasteiger partial charge on any atom is -0.492 e. The van der Waals surface area contributed by atoms with Crippen LogP contribution in [0.3, 0.4) is 0 Å². The van der Waals surface area contributed by atoms with Crippen molar-refractivity contribution in [2.45, 2.75) is 39.0 Å². The summed E-state index contributed by atoms with van der Waals surface area (Å²) in [6, 6.07) is 5.18. The predicted octanol–water partition coefficient (Wildman–Crippen LogP) is 2.87. The minimum atomic E-state index is -3.49. The van der Waals surface area contributed by atoms with E-state index in [-0.39, 0.29) is 11.2 Å². The molecule has 0 fully saturated rings. The van der Waals surface area contributed by atoms with Gasteiger partial charge in [0, 0.05) is 11.0 Å². The summed E-state index contributed by atoms with van der Waals surface area (Å²) in [4.78, 5) is 0. The maximum atomic E-state index is 11.8. The van der Waals surface area contributed by atoms with Gasteiger partial charge in [0.05, 0.1) is 12.4 Å². The Hall–Kier alpha value is -1.23. The summed E-state index contributed by atoms with van der Waals surface area (Å²) in [7, 11) is -3.49. The van der Waals surface area contributed by atoms with Crippen LogP contribution >= 0.6 is 0 Å². The van der Waals surface area contributed by atoms with Gasteiger partial charge in [-0.05, 0) is 24.6 Å². The summed E-state index contributed by atoms with van der Waals surface area (Å²) in [6.45, 7) is 6.68. The number of rotatable bonds is 5. The van der Waals surface area contributed by atoms with Crippen LogP contribution in [-0.2, 0) is 15.5 Å². The summed E-state index contributed by atoms with van der Waals surface area (Å²) in [5, 5.41) is 0. The van der Waals surface area contributed by atoms with Gasteiger partial charge in [-0.1, -0.05) is 27.2 Å². The summed E-state index contributed by atoms with van der Waals surface area (Å²) >= 11 is 0. The second-order valence-corrected chi connectivity index (χ2v) is 7.22. The Morgan fingerprint density at radius 2 is 2.11 bits per heavy atom. The smallest absolute Gasteiger partial charge is 0.309 e. The number of unbranched alkanes of at least 4 members (excludes halogenated alkanes) is 1. The maximum absolute atomic E-state index is 11.8. The van der Waals surface area contributed by atoms with Crippen LogP contribution in [0.2, 0.25) is 0 Å². The fraction of sp³-hybridized carbons (Fsp3) is 0.571. The van der Waals surface area contributed by atoms with Crippen molar-refractivity contribution < 1.29 is 17.3 Å². The molecule has 0 radical (unpaired) electrons. The van der Waals surface area contributed by atoms with Crippen molar-refractivity contribution in [3.05, 3.63) is 23.8 Å². The molecular formula is C14H20O4S. The van der Waals surface area contributed by atoms with Gasteiger partial charge < -0.3 is 8.92 Å². The van der Waals surface area contributed by atoms with E-state index in [9.17, 15) is 8.42 Å². The van der Waals surface area contributed by atoms with E-state index in [0.717, 1.165) is 17.7 Å². The van der Waals surface area contributed by atoms with Crippen molar-refractivity contribution in [3.8, 4) is 11.5 Å². The van der Waals surface area contributed by atoms with Crippen LogP contribution in [0.1, 0.15) is 39.2 Å². The number of hydrogen-bond donors (Lipinski definition) is 0. The first-order valence-corrected chi connectivity index (χ1v) is 8.11. The molecule has 0 spiro atoms. The van der Waals surface area contributed by atoms with Gasteiger partial charge in [0.1, 0.15) is 11.5 Å². The highest BCUT2D eigenvalue weighted by molar-refractivity contribution is 7.87. The molecular weight excluding hydrogens is 264 g/mol. The van der Waals surface area contributed by atoms with Crippen LogP contribution in [0.5, 0.6) is 11.5 Å². The van der Waals surface area contributed by atoms with Crippen molar-refractivity contribution in [1.29, 1.82) is 0 Å². The molecule has 1 heterocycles. The fourth-order valence-electron chi connectivity index (χ4n) is 2.06. The van der Waals surface area contributed by atoms with Crippen molar-refractivity contribution in [2.24, 2.45) is 0 Å². The van der Waals surface area contributed by atoms with Crippen molar-refractivity contribution >= 4 is 10.1 Å². The van der Waals surface area contributed by atoms with Gasteiger partial charge in [-0.3, -0.25) is 0 Å². The van der Waals surface area contributed by atoms with Crippen molar-refractivity contribution in [2.75, 3.05) is 12.4 Å². The number of benzene rings is 1. The van der Waals surface area contributed by atoms with Gasteiger partial charge in [-0.2, -0.15) is 8.42 Å². The van der Waals surface area contributed by atoms with E-state index in [1.165, 1.54) is 0 Å². The quantitative estimate of drug-likeness (QED) is 0.780. The predicted molar refractivity (Wildman–Crippen MR) is 74.3 cm³/mol. The van der Waals surface area contributed by atoms with Crippen LogP contribution in [0.15, 0.2) is 18.2 Å². The van der Waals surface area contributed by atoms with Gasteiger partial charge in [-0.15, -0.1) is 0 Å². The van der Waals surface area contributed by atoms with E-state index in [0.29, 0.717) is 18.8 Å². The molecule has 0 amide bonds. The second kappa shape index (κ2) is 5.04. The standard InChI is InChI=1S/C14H20O4S/c1-4-5-8-19(15,16)18-11-6-7-13-12(9-11)14(2,3)10-17-13/h6-7,9H,4-5,8,10H2,1-3H3. The lowest BCUT2D eigenvalue weighted by atomic mass is 9.87. The van der Waals surface area contributed by atoms with Crippen LogP contribution in [0.25, 0.3) is 0 Å². The lowest BCUT2D eigenvalue weighted by Crippen LogP contribution is -2.18. The summed E-state index contributed by atoms with van der Waals surface area (Å²) < 4.78 is 34.2. The number of ether oxygens (including phenoxy) is 1. The molecule has 0 aliphatic carbocycles. The Bertz CT molecular complexity index is 561. The first kappa shape index (κ1) is 14.2. The largest absolute Gasteiger partial charge is 0.492 e. The van der Waals surface area contributed by atoms with Gasteiger partial charge >= 0.3 is 10.1 Å². The summed E-state index contributed by atoms with van der Waals surface area (Å²) in [5.41, 5.74) is 0.887. The molecule has 1 aliphatic rings. The Kier molecular flexibility index (Phi) is 3.76. The molecule has 4 nitrogen and oxygen atoms in total. The molecule has 1 aromatic rings. The van der Waals surface area contributed by atoms with E-state index in [1.54, 1.807) is 18.2 Å². The molecule has 0 atom stereocenters. The summed E-state index contributed by atoms with van der Waals surface area (Å²) in [5.74, 6) is 1.23. The molecule has 0 bridgehead atoms. The third-order valence-corrected chi connectivity index (χ3v) is 4.47. The summed E-state index contributed by atoms with van der Waals surface area (Å²) in [6.07, 6.45) is 1.44. The Labute approximate surface area is 114 Å². The molecule has 1 aliphatic heterocycles. The highest BCUT2D eigenvalue weighted by Crippen LogP contribution is 2.40. The molecule has 0 unspecified atom stereocenters. The topological polar surface area (TPSA) is 52.6 Å².